The molecule has 0 bridgehead atoms. The van der Waals surface area contributed by atoms with Crippen LogP contribution >= 0.6 is 11.8 Å². The highest BCUT2D eigenvalue weighted by Crippen LogP contribution is 2.10. The first-order valence-corrected chi connectivity index (χ1v) is 6.58. The Kier molecular flexibility index (Phi) is 4.71. The van der Waals surface area contributed by atoms with Crippen molar-refractivity contribution < 1.29 is 4.79 Å². The summed E-state index contributed by atoms with van der Waals surface area (Å²) in [6.07, 6.45) is 5.09. The summed E-state index contributed by atoms with van der Waals surface area (Å²) in [5.74, 6) is 1.23. The Labute approximate surface area is 109 Å². The number of aromatic amines is 1. The first-order chi connectivity index (χ1) is 8.84. The first-order valence-electron chi connectivity index (χ1n) is 5.42. The molecule has 1 amide bonds. The second-order valence-electron chi connectivity index (χ2n) is 3.59. The lowest BCUT2D eigenvalue weighted by Gasteiger charge is -2.03. The van der Waals surface area contributed by atoms with Crippen molar-refractivity contribution in [1.82, 2.24) is 25.7 Å². The quantitative estimate of drug-likeness (QED) is 0.803. The molecular formula is C11H13N5OS. The zero-order chi connectivity index (χ0) is 12.6. The monoisotopic (exact) mass is 263 g/mol. The van der Waals surface area contributed by atoms with E-state index < -0.39 is 0 Å². The van der Waals surface area contributed by atoms with Gasteiger partial charge >= 0.3 is 0 Å². The largest absolute Gasteiger partial charge is 0.350 e. The van der Waals surface area contributed by atoms with Crippen LogP contribution in [-0.4, -0.2) is 32.1 Å². The lowest BCUT2D eigenvalue weighted by atomic mass is 10.3. The molecule has 6 nitrogen and oxygen atoms in total. The summed E-state index contributed by atoms with van der Waals surface area (Å²) in [5, 5.41) is 12.8. The van der Waals surface area contributed by atoms with E-state index in [9.17, 15) is 4.79 Å². The van der Waals surface area contributed by atoms with E-state index in [2.05, 4.69) is 25.7 Å². The maximum absolute atomic E-state index is 11.5. The molecule has 0 spiro atoms. The Morgan fingerprint density at radius 3 is 2.94 bits per heavy atom. The Bertz CT molecular complexity index is 473. The minimum atomic E-state index is -0.00273. The van der Waals surface area contributed by atoms with Crippen molar-refractivity contribution in [1.29, 1.82) is 0 Å². The van der Waals surface area contributed by atoms with Gasteiger partial charge in [-0.05, 0) is 17.7 Å². The average molecular weight is 263 g/mol. The van der Waals surface area contributed by atoms with Gasteiger partial charge in [0, 0.05) is 18.1 Å². The van der Waals surface area contributed by atoms with Gasteiger partial charge in [-0.2, -0.15) is 15.4 Å². The van der Waals surface area contributed by atoms with Crippen molar-refractivity contribution >= 4 is 17.7 Å². The molecule has 0 saturated heterocycles. The van der Waals surface area contributed by atoms with Crippen LogP contribution in [0.1, 0.15) is 11.3 Å². The van der Waals surface area contributed by atoms with E-state index in [1.807, 2.05) is 12.1 Å². The van der Waals surface area contributed by atoms with Crippen LogP contribution in [0.4, 0.5) is 0 Å². The van der Waals surface area contributed by atoms with Gasteiger partial charge in [0.25, 0.3) is 0 Å². The van der Waals surface area contributed by atoms with Crippen molar-refractivity contribution in [3.05, 3.63) is 42.0 Å². The maximum atomic E-state index is 11.5. The molecule has 0 aliphatic rings. The van der Waals surface area contributed by atoms with Gasteiger partial charge in [0.1, 0.15) is 5.69 Å². The number of hydrogen-bond donors (Lipinski definition) is 2. The fourth-order valence-electron chi connectivity index (χ4n) is 1.29. The van der Waals surface area contributed by atoms with Crippen molar-refractivity contribution in [3.63, 3.8) is 0 Å². The number of H-pyrrole nitrogens is 1. The van der Waals surface area contributed by atoms with Crippen LogP contribution < -0.4 is 5.32 Å². The van der Waals surface area contributed by atoms with E-state index >= 15 is 0 Å². The lowest BCUT2D eigenvalue weighted by molar-refractivity contribution is -0.118. The molecule has 0 aromatic carbocycles. The Balaban J connectivity index is 1.63. The molecule has 2 aromatic heterocycles. The third-order valence-electron chi connectivity index (χ3n) is 2.18. The normalized spacial score (nSPS) is 10.2. The number of nitrogens with one attached hydrogen (secondary N) is 2. The van der Waals surface area contributed by atoms with Gasteiger partial charge in [0.15, 0.2) is 0 Å². The van der Waals surface area contributed by atoms with Gasteiger partial charge in [0.2, 0.25) is 5.91 Å². The van der Waals surface area contributed by atoms with Crippen LogP contribution in [0.3, 0.4) is 0 Å². The van der Waals surface area contributed by atoms with Crippen LogP contribution in [0, 0.1) is 0 Å². The van der Waals surface area contributed by atoms with Gasteiger partial charge in [-0.3, -0.25) is 9.78 Å². The summed E-state index contributed by atoms with van der Waals surface area (Å²) in [6, 6.07) is 3.89. The maximum Gasteiger partial charge on any atom is 0.230 e. The molecule has 0 aliphatic carbocycles. The van der Waals surface area contributed by atoms with Gasteiger partial charge in [0.05, 0.1) is 18.5 Å². The van der Waals surface area contributed by atoms with Gasteiger partial charge in [-0.25, -0.2) is 0 Å². The predicted octanol–water partition coefficient (Wildman–Crippen LogP) is 0.749. The minimum absolute atomic E-state index is 0.00273. The third-order valence-corrected chi connectivity index (χ3v) is 3.19. The smallest absolute Gasteiger partial charge is 0.230 e. The number of amides is 1. The topological polar surface area (TPSA) is 83.6 Å². The lowest BCUT2D eigenvalue weighted by Crippen LogP contribution is -2.24. The van der Waals surface area contributed by atoms with Crippen LogP contribution in [0.2, 0.25) is 0 Å². The van der Waals surface area contributed by atoms with E-state index in [1.54, 1.807) is 30.4 Å². The van der Waals surface area contributed by atoms with Crippen LogP contribution in [-0.2, 0) is 17.1 Å². The van der Waals surface area contributed by atoms with E-state index in [0.717, 1.165) is 11.4 Å². The summed E-state index contributed by atoms with van der Waals surface area (Å²) >= 11 is 1.57. The number of hydrogen-bond acceptors (Lipinski definition) is 5. The number of carbonyl (C=O) groups excluding carboxylic acids is 1. The van der Waals surface area contributed by atoms with Crippen molar-refractivity contribution in [3.8, 4) is 0 Å². The van der Waals surface area contributed by atoms with Crippen LogP contribution in [0.5, 0.6) is 0 Å². The molecule has 7 heteroatoms. The average Bonchev–Trinajstić information content (AvgIpc) is 2.91. The Morgan fingerprint density at radius 2 is 2.22 bits per heavy atom. The second-order valence-corrected chi connectivity index (χ2v) is 4.57. The van der Waals surface area contributed by atoms with Gasteiger partial charge < -0.3 is 5.32 Å². The van der Waals surface area contributed by atoms with Gasteiger partial charge in [-0.15, -0.1) is 11.8 Å². The molecular weight excluding hydrogens is 250 g/mol. The highest BCUT2D eigenvalue weighted by molar-refractivity contribution is 7.99. The third kappa shape index (κ3) is 4.17. The number of carbonyl (C=O) groups is 1. The first kappa shape index (κ1) is 12.6. The highest BCUT2D eigenvalue weighted by Gasteiger charge is 2.03. The molecule has 2 rings (SSSR count). The number of aromatic nitrogens is 4. The van der Waals surface area contributed by atoms with E-state index in [0.29, 0.717) is 12.3 Å². The van der Waals surface area contributed by atoms with Crippen LogP contribution in [0.15, 0.2) is 30.7 Å². The zero-order valence-corrected chi connectivity index (χ0v) is 10.5. The summed E-state index contributed by atoms with van der Waals surface area (Å²) < 4.78 is 0. The number of nitrogens with zero attached hydrogens (tertiary/aromatic N) is 3. The predicted molar refractivity (Wildman–Crippen MR) is 68.6 cm³/mol. The molecule has 0 atom stereocenters. The molecule has 2 heterocycles. The van der Waals surface area contributed by atoms with E-state index in [-0.39, 0.29) is 5.91 Å². The number of thioether (sulfide) groups is 1. The summed E-state index contributed by atoms with van der Waals surface area (Å²) in [5.41, 5.74) is 1.89. The van der Waals surface area contributed by atoms with E-state index in [4.69, 9.17) is 0 Å². The molecule has 0 unspecified atom stereocenters. The molecule has 0 saturated carbocycles. The second kappa shape index (κ2) is 6.75. The molecule has 0 aliphatic heterocycles. The Morgan fingerprint density at radius 1 is 1.39 bits per heavy atom. The number of rotatable bonds is 6. The molecule has 2 aromatic rings. The van der Waals surface area contributed by atoms with Crippen LogP contribution in [0.25, 0.3) is 0 Å². The molecule has 94 valence electrons. The highest BCUT2D eigenvalue weighted by atomic mass is 32.2. The molecule has 2 N–H and O–H groups in total. The molecule has 0 fully saturated rings. The minimum Gasteiger partial charge on any atom is -0.350 e. The van der Waals surface area contributed by atoms with E-state index in [1.165, 1.54) is 5.56 Å². The fraction of sp³-hybridized carbons (Fsp3) is 0.273. The SMILES string of the molecule is O=C(CSCc1ccncc1)NCc1cn[nH]n1. The van der Waals surface area contributed by atoms with Gasteiger partial charge in [-0.1, -0.05) is 0 Å². The number of pyridine rings is 1. The summed E-state index contributed by atoms with van der Waals surface area (Å²) in [4.78, 5) is 15.5. The Hall–Kier alpha value is -1.89. The summed E-state index contributed by atoms with van der Waals surface area (Å²) in [7, 11) is 0. The van der Waals surface area contributed by atoms with Crippen molar-refractivity contribution in [2.45, 2.75) is 12.3 Å². The fourth-order valence-corrected chi connectivity index (χ4v) is 2.11. The molecule has 18 heavy (non-hydrogen) atoms. The standard InChI is InChI=1S/C11H13N5OS/c17-11(13-5-10-6-14-16-15-10)8-18-7-9-1-3-12-4-2-9/h1-4,6H,5,7-8H2,(H,13,17)(H,14,15,16). The van der Waals surface area contributed by atoms with Crippen molar-refractivity contribution in [2.75, 3.05) is 5.75 Å². The van der Waals surface area contributed by atoms with Crippen molar-refractivity contribution in [2.24, 2.45) is 0 Å². The summed E-state index contributed by atoms with van der Waals surface area (Å²) in [6.45, 7) is 0.408. The molecule has 0 radical (unpaired) electrons. The zero-order valence-electron chi connectivity index (χ0n) is 9.67.